The third-order valence-corrected chi connectivity index (χ3v) is 5.19. The van der Waals surface area contributed by atoms with Gasteiger partial charge in [0, 0.05) is 19.3 Å². The average molecular weight is 416 g/mol. The lowest BCUT2D eigenvalue weighted by Gasteiger charge is -2.09. The molecule has 0 radical (unpaired) electrons. The van der Waals surface area contributed by atoms with Crippen molar-refractivity contribution in [3.63, 3.8) is 0 Å². The van der Waals surface area contributed by atoms with E-state index in [1.54, 1.807) is 24.4 Å². The van der Waals surface area contributed by atoms with E-state index < -0.39 is 15.8 Å². The van der Waals surface area contributed by atoms with Gasteiger partial charge in [0.15, 0.2) is 5.82 Å². The van der Waals surface area contributed by atoms with Crippen LogP contribution >= 0.6 is 0 Å². The zero-order valence-electron chi connectivity index (χ0n) is 15.8. The molecule has 0 aliphatic heterocycles. The van der Waals surface area contributed by atoms with E-state index in [4.69, 9.17) is 0 Å². The molecule has 2 heterocycles. The number of rotatable bonds is 9. The molecule has 0 unspecified atom stereocenters. The fourth-order valence-electron chi connectivity index (χ4n) is 2.52. The van der Waals surface area contributed by atoms with Crippen LogP contribution in [0.4, 0.5) is 21.8 Å². The molecule has 2 aromatic heterocycles. The molecule has 0 saturated heterocycles. The standard InChI is InChI=1S/C19H21FN6O2S/c1-14-7-8-21-19(11-14)24-18-6-5-17(25-26-18)22-9-10-23-29(27,28)13-15-3-2-4-16(20)12-15/h2-8,11-12,23H,9-10,13H2,1H3,(H,22,25)(H,21,24,26). The first-order chi connectivity index (χ1) is 13.9. The lowest BCUT2D eigenvalue weighted by atomic mass is 10.2. The lowest BCUT2D eigenvalue weighted by Crippen LogP contribution is -2.30. The minimum Gasteiger partial charge on any atom is -0.367 e. The van der Waals surface area contributed by atoms with Gasteiger partial charge in [0.05, 0.1) is 5.75 Å². The Bertz CT molecular complexity index is 1060. The monoisotopic (exact) mass is 416 g/mol. The van der Waals surface area contributed by atoms with E-state index in [1.807, 2.05) is 19.1 Å². The lowest BCUT2D eigenvalue weighted by molar-refractivity contribution is 0.581. The first-order valence-electron chi connectivity index (χ1n) is 8.89. The Morgan fingerprint density at radius 1 is 0.966 bits per heavy atom. The maximum Gasteiger partial charge on any atom is 0.215 e. The zero-order valence-corrected chi connectivity index (χ0v) is 16.6. The molecule has 3 rings (SSSR count). The van der Waals surface area contributed by atoms with Gasteiger partial charge in [0.1, 0.15) is 17.5 Å². The molecule has 0 fully saturated rings. The summed E-state index contributed by atoms with van der Waals surface area (Å²) in [4.78, 5) is 4.20. The van der Waals surface area contributed by atoms with Gasteiger partial charge in [-0.25, -0.2) is 22.5 Å². The summed E-state index contributed by atoms with van der Waals surface area (Å²) >= 11 is 0. The second-order valence-electron chi connectivity index (χ2n) is 6.36. The number of nitrogens with one attached hydrogen (secondary N) is 3. The van der Waals surface area contributed by atoms with Gasteiger partial charge in [-0.2, -0.15) is 0 Å². The normalized spacial score (nSPS) is 11.2. The van der Waals surface area contributed by atoms with Gasteiger partial charge in [-0.05, 0) is 54.4 Å². The van der Waals surface area contributed by atoms with Crippen LogP contribution in [0, 0.1) is 12.7 Å². The summed E-state index contributed by atoms with van der Waals surface area (Å²) in [5.41, 5.74) is 1.47. The summed E-state index contributed by atoms with van der Waals surface area (Å²) in [6, 6.07) is 12.8. The summed E-state index contributed by atoms with van der Waals surface area (Å²) in [7, 11) is -3.56. The van der Waals surface area contributed by atoms with Crippen LogP contribution in [0.5, 0.6) is 0 Å². The number of sulfonamides is 1. The molecule has 152 valence electrons. The van der Waals surface area contributed by atoms with E-state index >= 15 is 0 Å². The Balaban J connectivity index is 1.44. The first-order valence-corrected chi connectivity index (χ1v) is 10.5. The van der Waals surface area contributed by atoms with Crippen molar-refractivity contribution in [1.82, 2.24) is 19.9 Å². The largest absolute Gasteiger partial charge is 0.367 e. The van der Waals surface area contributed by atoms with E-state index in [2.05, 4.69) is 30.5 Å². The molecule has 29 heavy (non-hydrogen) atoms. The van der Waals surface area contributed by atoms with Crippen LogP contribution in [0.2, 0.25) is 0 Å². The molecule has 0 aliphatic carbocycles. The fourth-order valence-corrected chi connectivity index (χ4v) is 3.66. The Morgan fingerprint density at radius 2 is 1.76 bits per heavy atom. The average Bonchev–Trinajstić information content (AvgIpc) is 2.66. The molecule has 0 spiro atoms. The van der Waals surface area contributed by atoms with Gasteiger partial charge in [-0.3, -0.25) is 0 Å². The molecule has 1 aromatic carbocycles. The fraction of sp³-hybridized carbons (Fsp3) is 0.211. The Labute approximate surface area is 168 Å². The van der Waals surface area contributed by atoms with Crippen LogP contribution in [0.25, 0.3) is 0 Å². The third kappa shape index (κ3) is 6.77. The van der Waals surface area contributed by atoms with Crippen molar-refractivity contribution >= 4 is 27.5 Å². The molecule has 8 nitrogen and oxygen atoms in total. The summed E-state index contributed by atoms with van der Waals surface area (Å²) < 4.78 is 39.7. The topological polar surface area (TPSA) is 109 Å². The second kappa shape index (κ2) is 9.39. The Morgan fingerprint density at radius 3 is 2.48 bits per heavy atom. The SMILES string of the molecule is Cc1ccnc(Nc2ccc(NCCNS(=O)(=O)Cc3cccc(F)c3)nn2)c1. The quantitative estimate of drug-likeness (QED) is 0.460. The van der Waals surface area contributed by atoms with E-state index in [1.165, 1.54) is 18.2 Å². The first kappa shape index (κ1) is 20.6. The van der Waals surface area contributed by atoms with Crippen LogP contribution in [0.3, 0.4) is 0 Å². The Hall–Kier alpha value is -3.11. The highest BCUT2D eigenvalue weighted by Gasteiger charge is 2.11. The predicted molar refractivity (Wildman–Crippen MR) is 110 cm³/mol. The van der Waals surface area contributed by atoms with Crippen molar-refractivity contribution in [2.75, 3.05) is 23.7 Å². The summed E-state index contributed by atoms with van der Waals surface area (Å²) in [5, 5.41) is 14.1. The number of aromatic nitrogens is 3. The van der Waals surface area contributed by atoms with Crippen LogP contribution in [0.15, 0.2) is 54.7 Å². The smallest absolute Gasteiger partial charge is 0.215 e. The van der Waals surface area contributed by atoms with Crippen molar-refractivity contribution in [3.05, 3.63) is 71.7 Å². The van der Waals surface area contributed by atoms with Crippen molar-refractivity contribution < 1.29 is 12.8 Å². The summed E-state index contributed by atoms with van der Waals surface area (Å²) in [5.74, 6) is 0.987. The van der Waals surface area contributed by atoms with Gasteiger partial charge in [-0.1, -0.05) is 12.1 Å². The molecule has 0 bridgehead atoms. The molecule has 3 aromatic rings. The van der Waals surface area contributed by atoms with Gasteiger partial charge in [-0.15, -0.1) is 10.2 Å². The van der Waals surface area contributed by atoms with E-state index in [0.717, 1.165) is 5.56 Å². The molecule has 0 atom stereocenters. The minimum atomic E-state index is -3.56. The molecule has 10 heteroatoms. The van der Waals surface area contributed by atoms with Crippen LogP contribution < -0.4 is 15.4 Å². The predicted octanol–water partition coefficient (Wildman–Crippen LogP) is 2.59. The van der Waals surface area contributed by atoms with Crippen molar-refractivity contribution in [2.45, 2.75) is 12.7 Å². The number of halogens is 1. The van der Waals surface area contributed by atoms with E-state index in [0.29, 0.717) is 29.6 Å². The van der Waals surface area contributed by atoms with Crippen LogP contribution in [-0.2, 0) is 15.8 Å². The zero-order chi connectivity index (χ0) is 20.7. The number of benzene rings is 1. The van der Waals surface area contributed by atoms with Gasteiger partial charge in [0.25, 0.3) is 0 Å². The number of pyridine rings is 1. The van der Waals surface area contributed by atoms with Crippen LogP contribution in [-0.4, -0.2) is 36.7 Å². The van der Waals surface area contributed by atoms with Crippen molar-refractivity contribution in [3.8, 4) is 0 Å². The highest BCUT2D eigenvalue weighted by atomic mass is 32.2. The highest BCUT2D eigenvalue weighted by Crippen LogP contribution is 2.13. The molecule has 0 saturated carbocycles. The van der Waals surface area contributed by atoms with Crippen LogP contribution in [0.1, 0.15) is 11.1 Å². The maximum absolute atomic E-state index is 13.2. The van der Waals surface area contributed by atoms with Gasteiger partial charge < -0.3 is 10.6 Å². The van der Waals surface area contributed by atoms with E-state index in [-0.39, 0.29) is 12.3 Å². The maximum atomic E-state index is 13.2. The summed E-state index contributed by atoms with van der Waals surface area (Å²) in [6.45, 7) is 2.45. The summed E-state index contributed by atoms with van der Waals surface area (Å²) in [6.07, 6.45) is 1.70. The Kier molecular flexibility index (Phi) is 6.68. The third-order valence-electron chi connectivity index (χ3n) is 3.83. The second-order valence-corrected chi connectivity index (χ2v) is 8.16. The van der Waals surface area contributed by atoms with Crippen molar-refractivity contribution in [2.24, 2.45) is 0 Å². The number of anilines is 3. The number of hydrogen-bond acceptors (Lipinski definition) is 7. The molecular weight excluding hydrogens is 395 g/mol. The molecule has 0 amide bonds. The number of aryl methyl sites for hydroxylation is 1. The van der Waals surface area contributed by atoms with Crippen molar-refractivity contribution in [1.29, 1.82) is 0 Å². The number of hydrogen-bond donors (Lipinski definition) is 3. The van der Waals surface area contributed by atoms with E-state index in [9.17, 15) is 12.8 Å². The molecule has 3 N–H and O–H groups in total. The number of nitrogens with zero attached hydrogens (tertiary/aromatic N) is 3. The van der Waals surface area contributed by atoms with Gasteiger partial charge in [0.2, 0.25) is 10.0 Å². The minimum absolute atomic E-state index is 0.159. The highest BCUT2D eigenvalue weighted by molar-refractivity contribution is 7.88. The van der Waals surface area contributed by atoms with Gasteiger partial charge >= 0.3 is 0 Å². The molecular formula is C19H21FN6O2S. The molecule has 0 aliphatic rings.